The number of nitrogens with one attached hydrogen (secondary N) is 2. The predicted octanol–water partition coefficient (Wildman–Crippen LogP) is 3.00. The van der Waals surface area contributed by atoms with Crippen LogP contribution in [0.5, 0.6) is 5.75 Å². The van der Waals surface area contributed by atoms with Gasteiger partial charge in [-0.15, -0.1) is 11.3 Å². The Hall–Kier alpha value is -2.34. The van der Waals surface area contributed by atoms with Crippen LogP contribution in [0.4, 0.5) is 0 Å². The third kappa shape index (κ3) is 4.25. The van der Waals surface area contributed by atoms with Crippen LogP contribution in [-0.4, -0.2) is 25.5 Å². The van der Waals surface area contributed by atoms with E-state index in [1.807, 2.05) is 30.3 Å². The number of benzene rings is 1. The van der Waals surface area contributed by atoms with E-state index in [4.69, 9.17) is 4.74 Å². The standard InChI is InChI=1S/C20H24N2O3S/c1-25-16-7-4-6-15(12-16)13-21-18(23)19(24)22-14-20(9-2-3-10-20)17-8-5-11-26-17/h4-8,11-12H,2-3,9-10,13-14H2,1H3,(H,21,23)(H,22,24). The summed E-state index contributed by atoms with van der Waals surface area (Å²) in [6.45, 7) is 0.804. The van der Waals surface area contributed by atoms with Crippen molar-refractivity contribution in [1.82, 2.24) is 10.6 Å². The highest BCUT2D eigenvalue weighted by atomic mass is 32.1. The van der Waals surface area contributed by atoms with Gasteiger partial charge in [0.25, 0.3) is 0 Å². The molecular weight excluding hydrogens is 348 g/mol. The van der Waals surface area contributed by atoms with Gasteiger partial charge < -0.3 is 15.4 Å². The normalized spacial score (nSPS) is 15.4. The molecule has 2 N–H and O–H groups in total. The van der Waals surface area contributed by atoms with Crippen LogP contribution in [0.25, 0.3) is 0 Å². The zero-order chi connectivity index (χ0) is 18.4. The van der Waals surface area contributed by atoms with E-state index in [-0.39, 0.29) is 5.41 Å². The van der Waals surface area contributed by atoms with Crippen LogP contribution < -0.4 is 15.4 Å². The molecular formula is C20H24N2O3S. The van der Waals surface area contributed by atoms with Crippen LogP contribution in [0, 0.1) is 0 Å². The fraction of sp³-hybridized carbons (Fsp3) is 0.400. The lowest BCUT2D eigenvalue weighted by Gasteiger charge is -2.28. The van der Waals surface area contributed by atoms with Crippen LogP contribution in [0.2, 0.25) is 0 Å². The smallest absolute Gasteiger partial charge is 0.309 e. The van der Waals surface area contributed by atoms with Gasteiger partial charge in [-0.3, -0.25) is 9.59 Å². The second-order valence-corrected chi connectivity index (χ2v) is 7.63. The molecule has 3 rings (SSSR count). The first-order valence-electron chi connectivity index (χ1n) is 8.86. The van der Waals surface area contributed by atoms with Crippen molar-refractivity contribution < 1.29 is 14.3 Å². The minimum atomic E-state index is -0.604. The summed E-state index contributed by atoms with van der Waals surface area (Å²) in [6, 6.07) is 11.6. The monoisotopic (exact) mass is 372 g/mol. The molecule has 0 radical (unpaired) electrons. The molecule has 1 heterocycles. The summed E-state index contributed by atoms with van der Waals surface area (Å²) >= 11 is 1.73. The molecule has 0 atom stereocenters. The maximum atomic E-state index is 12.2. The van der Waals surface area contributed by atoms with Crippen LogP contribution in [0.3, 0.4) is 0 Å². The van der Waals surface area contributed by atoms with Gasteiger partial charge in [0.15, 0.2) is 0 Å². The lowest BCUT2D eigenvalue weighted by Crippen LogP contribution is -2.45. The van der Waals surface area contributed by atoms with Crippen molar-refractivity contribution in [3.8, 4) is 5.75 Å². The maximum Gasteiger partial charge on any atom is 0.309 e. The molecule has 2 amide bonds. The number of methoxy groups -OCH3 is 1. The van der Waals surface area contributed by atoms with Crippen LogP contribution in [0.15, 0.2) is 41.8 Å². The molecule has 1 aliphatic carbocycles. The summed E-state index contributed by atoms with van der Waals surface area (Å²) in [7, 11) is 1.59. The van der Waals surface area contributed by atoms with Crippen molar-refractivity contribution >= 4 is 23.2 Å². The summed E-state index contributed by atoms with van der Waals surface area (Å²) in [4.78, 5) is 25.6. The highest BCUT2D eigenvalue weighted by molar-refractivity contribution is 7.10. The van der Waals surface area contributed by atoms with E-state index < -0.39 is 11.8 Å². The van der Waals surface area contributed by atoms with E-state index in [0.29, 0.717) is 13.1 Å². The molecule has 26 heavy (non-hydrogen) atoms. The van der Waals surface area contributed by atoms with Crippen LogP contribution in [0.1, 0.15) is 36.1 Å². The highest BCUT2D eigenvalue weighted by Gasteiger charge is 2.37. The van der Waals surface area contributed by atoms with Crippen LogP contribution in [-0.2, 0) is 21.5 Å². The van der Waals surface area contributed by atoms with Crippen molar-refractivity contribution in [1.29, 1.82) is 0 Å². The number of hydrogen-bond acceptors (Lipinski definition) is 4. The zero-order valence-electron chi connectivity index (χ0n) is 14.9. The van der Waals surface area contributed by atoms with Crippen molar-refractivity contribution in [2.75, 3.05) is 13.7 Å². The van der Waals surface area contributed by atoms with E-state index in [2.05, 4.69) is 22.1 Å². The van der Waals surface area contributed by atoms with Gasteiger partial charge in [0.1, 0.15) is 5.75 Å². The molecule has 1 aromatic carbocycles. The number of amides is 2. The van der Waals surface area contributed by atoms with Gasteiger partial charge in [-0.05, 0) is 42.0 Å². The first kappa shape index (κ1) is 18.5. The average molecular weight is 372 g/mol. The third-order valence-electron chi connectivity index (χ3n) is 4.99. The van der Waals surface area contributed by atoms with E-state index in [9.17, 15) is 9.59 Å². The molecule has 0 spiro atoms. The Morgan fingerprint density at radius 3 is 2.58 bits per heavy atom. The first-order chi connectivity index (χ1) is 12.6. The quantitative estimate of drug-likeness (QED) is 0.766. The van der Waals surface area contributed by atoms with Crippen molar-refractivity contribution in [2.24, 2.45) is 0 Å². The van der Waals surface area contributed by atoms with Gasteiger partial charge in [0, 0.05) is 23.4 Å². The second-order valence-electron chi connectivity index (χ2n) is 6.68. The molecule has 2 aromatic rings. The topological polar surface area (TPSA) is 67.4 Å². The number of hydrogen-bond donors (Lipinski definition) is 2. The molecule has 1 aromatic heterocycles. The van der Waals surface area contributed by atoms with Crippen LogP contribution >= 0.6 is 11.3 Å². The molecule has 1 fully saturated rings. The molecule has 0 bridgehead atoms. The summed E-state index contributed by atoms with van der Waals surface area (Å²) in [5.74, 6) is -0.455. The SMILES string of the molecule is COc1cccc(CNC(=O)C(=O)NCC2(c3cccs3)CCCC2)c1. The number of ether oxygens (including phenoxy) is 1. The highest BCUT2D eigenvalue weighted by Crippen LogP contribution is 2.42. The molecule has 0 aliphatic heterocycles. The Labute approximate surface area is 157 Å². The Morgan fingerprint density at radius 1 is 1.12 bits per heavy atom. The number of carbonyl (C=O) groups is 2. The molecule has 0 saturated heterocycles. The average Bonchev–Trinajstić information content (AvgIpc) is 3.36. The minimum absolute atomic E-state index is 0.0170. The Morgan fingerprint density at radius 2 is 1.88 bits per heavy atom. The summed E-state index contributed by atoms with van der Waals surface area (Å²) < 4.78 is 5.16. The van der Waals surface area contributed by atoms with Crippen molar-refractivity contribution in [3.63, 3.8) is 0 Å². The molecule has 138 valence electrons. The summed E-state index contributed by atoms with van der Waals surface area (Å²) in [6.07, 6.45) is 4.43. The number of thiophene rings is 1. The van der Waals surface area contributed by atoms with E-state index in [1.165, 1.54) is 4.88 Å². The summed E-state index contributed by atoms with van der Waals surface area (Å²) in [5.41, 5.74) is 0.869. The molecule has 0 unspecified atom stereocenters. The Bertz CT molecular complexity index is 752. The van der Waals surface area contributed by atoms with Gasteiger partial charge in [-0.25, -0.2) is 0 Å². The lowest BCUT2D eigenvalue weighted by atomic mass is 9.84. The first-order valence-corrected chi connectivity index (χ1v) is 9.74. The van der Waals surface area contributed by atoms with Crippen molar-refractivity contribution in [2.45, 2.75) is 37.6 Å². The Kier molecular flexibility index (Phi) is 5.93. The fourth-order valence-corrected chi connectivity index (χ4v) is 4.50. The van der Waals surface area contributed by atoms with Gasteiger partial charge >= 0.3 is 11.8 Å². The van der Waals surface area contributed by atoms with Crippen molar-refractivity contribution in [3.05, 3.63) is 52.2 Å². The summed E-state index contributed by atoms with van der Waals surface area (Å²) in [5, 5.41) is 7.58. The largest absolute Gasteiger partial charge is 0.497 e. The Balaban J connectivity index is 1.53. The number of carbonyl (C=O) groups excluding carboxylic acids is 2. The molecule has 1 aliphatic rings. The van der Waals surface area contributed by atoms with E-state index >= 15 is 0 Å². The van der Waals surface area contributed by atoms with Gasteiger partial charge in [-0.1, -0.05) is 31.0 Å². The van der Waals surface area contributed by atoms with Gasteiger partial charge in [0.2, 0.25) is 0 Å². The maximum absolute atomic E-state index is 12.2. The lowest BCUT2D eigenvalue weighted by molar-refractivity contribution is -0.139. The van der Waals surface area contributed by atoms with E-state index in [1.54, 1.807) is 18.4 Å². The van der Waals surface area contributed by atoms with Gasteiger partial charge in [0.05, 0.1) is 7.11 Å². The van der Waals surface area contributed by atoms with E-state index in [0.717, 1.165) is 37.0 Å². The second kappa shape index (κ2) is 8.36. The molecule has 1 saturated carbocycles. The molecule has 6 heteroatoms. The predicted molar refractivity (Wildman–Crippen MR) is 102 cm³/mol. The molecule has 5 nitrogen and oxygen atoms in total. The van der Waals surface area contributed by atoms with Gasteiger partial charge in [-0.2, -0.15) is 0 Å². The minimum Gasteiger partial charge on any atom is -0.497 e. The number of rotatable bonds is 6. The third-order valence-corrected chi connectivity index (χ3v) is 6.10. The zero-order valence-corrected chi connectivity index (χ0v) is 15.7. The fourth-order valence-electron chi connectivity index (χ4n) is 3.52.